The number of pyridine rings is 1. The fraction of sp³-hybridized carbons (Fsp3) is 0.462. The number of halogens is 3. The van der Waals surface area contributed by atoms with Crippen molar-refractivity contribution in [1.82, 2.24) is 4.98 Å². The molecular weight excluding hydrogens is 287 g/mol. The zero-order valence-electron chi connectivity index (χ0n) is 10.9. The molecule has 0 atom stereocenters. The summed E-state index contributed by atoms with van der Waals surface area (Å²) in [6, 6.07) is 0.904. The molecular formula is C13H12F3N3O2. The van der Waals surface area contributed by atoms with Gasteiger partial charge < -0.3 is 14.9 Å². The van der Waals surface area contributed by atoms with E-state index < -0.39 is 29.4 Å². The first-order valence-electron chi connectivity index (χ1n) is 6.25. The molecule has 112 valence electrons. The van der Waals surface area contributed by atoms with Crippen molar-refractivity contribution < 1.29 is 23.1 Å². The van der Waals surface area contributed by atoms with Gasteiger partial charge >= 0.3 is 12.1 Å². The molecule has 1 saturated heterocycles. The number of nitrogens with zero attached hydrogens (tertiary/aromatic N) is 3. The number of anilines is 1. The van der Waals surface area contributed by atoms with Gasteiger partial charge in [-0.1, -0.05) is 6.57 Å². The number of piperidine rings is 1. The Balaban J connectivity index is 2.23. The van der Waals surface area contributed by atoms with Crippen molar-refractivity contribution in [2.24, 2.45) is 5.92 Å². The Labute approximate surface area is 118 Å². The van der Waals surface area contributed by atoms with Gasteiger partial charge in [0.25, 0.3) is 5.82 Å². The van der Waals surface area contributed by atoms with E-state index in [2.05, 4.69) is 9.83 Å². The first kappa shape index (κ1) is 15.1. The first-order chi connectivity index (χ1) is 9.82. The average Bonchev–Trinajstić information content (AvgIpc) is 2.45. The minimum atomic E-state index is -4.64. The predicted molar refractivity (Wildman–Crippen MR) is 68.1 cm³/mol. The molecule has 0 radical (unpaired) electrons. The molecule has 0 aromatic carbocycles. The number of hydrogen-bond acceptors (Lipinski definition) is 3. The molecule has 1 aromatic heterocycles. The van der Waals surface area contributed by atoms with E-state index in [1.807, 2.05) is 0 Å². The maximum atomic E-state index is 12.9. The number of carbonyl (C=O) groups is 1. The zero-order valence-corrected chi connectivity index (χ0v) is 10.9. The molecule has 0 unspecified atom stereocenters. The lowest BCUT2D eigenvalue weighted by molar-refractivity contribution is -0.142. The second kappa shape index (κ2) is 5.60. The molecule has 1 N–H and O–H groups in total. The highest BCUT2D eigenvalue weighted by atomic mass is 19.4. The summed E-state index contributed by atoms with van der Waals surface area (Å²) in [5.41, 5.74) is -0.797. The highest BCUT2D eigenvalue weighted by Gasteiger charge is 2.35. The van der Waals surface area contributed by atoms with Crippen LogP contribution in [0.4, 0.5) is 24.7 Å². The quantitative estimate of drug-likeness (QED) is 0.853. The molecule has 1 aromatic rings. The topological polar surface area (TPSA) is 57.8 Å². The smallest absolute Gasteiger partial charge is 0.409 e. The van der Waals surface area contributed by atoms with E-state index in [4.69, 9.17) is 11.7 Å². The fourth-order valence-electron chi connectivity index (χ4n) is 2.30. The van der Waals surface area contributed by atoms with Crippen LogP contribution in [0.25, 0.3) is 4.85 Å². The predicted octanol–water partition coefficient (Wildman–Crippen LogP) is 2.95. The third kappa shape index (κ3) is 3.24. The Kier molecular flexibility index (Phi) is 4.02. The fourth-order valence-corrected chi connectivity index (χ4v) is 2.30. The summed E-state index contributed by atoms with van der Waals surface area (Å²) in [7, 11) is 0. The van der Waals surface area contributed by atoms with Gasteiger partial charge in [-0.2, -0.15) is 13.2 Å². The number of carboxylic acids is 1. The van der Waals surface area contributed by atoms with Gasteiger partial charge in [-0.05, 0) is 18.9 Å². The Morgan fingerprint density at radius 3 is 2.52 bits per heavy atom. The van der Waals surface area contributed by atoms with E-state index in [0.29, 0.717) is 25.9 Å². The Morgan fingerprint density at radius 1 is 1.43 bits per heavy atom. The number of carboxylic acid groups (broad SMARTS) is 1. The molecule has 1 aliphatic heterocycles. The molecule has 1 aliphatic rings. The Hall–Kier alpha value is -2.30. The van der Waals surface area contributed by atoms with E-state index in [0.717, 1.165) is 6.07 Å². The van der Waals surface area contributed by atoms with E-state index in [9.17, 15) is 18.0 Å². The molecule has 0 bridgehead atoms. The molecule has 1 fully saturated rings. The van der Waals surface area contributed by atoms with Crippen molar-refractivity contribution >= 4 is 17.5 Å². The standard InChI is InChI=1S/C13H12F3N3O2/c1-17-11-10(13(14,15)16)6-9(7-18-11)19-4-2-8(3-5-19)12(20)21/h6-8H,2-5H2,(H,20,21). The summed E-state index contributed by atoms with van der Waals surface area (Å²) in [5, 5.41) is 8.90. The van der Waals surface area contributed by atoms with Crippen LogP contribution in [-0.2, 0) is 11.0 Å². The van der Waals surface area contributed by atoms with Gasteiger partial charge in [0.1, 0.15) is 6.20 Å². The molecule has 2 heterocycles. The van der Waals surface area contributed by atoms with Crippen LogP contribution in [0, 0.1) is 12.5 Å². The number of aromatic nitrogens is 1. The van der Waals surface area contributed by atoms with Gasteiger partial charge in [0.05, 0.1) is 17.2 Å². The maximum absolute atomic E-state index is 12.9. The molecule has 0 amide bonds. The lowest BCUT2D eigenvalue weighted by Crippen LogP contribution is -2.36. The normalized spacial score (nSPS) is 16.6. The van der Waals surface area contributed by atoms with E-state index in [-0.39, 0.29) is 5.69 Å². The molecule has 8 heteroatoms. The molecule has 0 aliphatic carbocycles. The van der Waals surface area contributed by atoms with Crippen LogP contribution < -0.4 is 4.90 Å². The van der Waals surface area contributed by atoms with Crippen molar-refractivity contribution in [2.45, 2.75) is 19.0 Å². The van der Waals surface area contributed by atoms with Crippen LogP contribution in [0.5, 0.6) is 0 Å². The highest BCUT2D eigenvalue weighted by molar-refractivity contribution is 5.70. The number of rotatable bonds is 2. The van der Waals surface area contributed by atoms with Gasteiger partial charge in [-0.15, -0.1) is 4.98 Å². The minimum Gasteiger partial charge on any atom is -0.481 e. The lowest BCUT2D eigenvalue weighted by Gasteiger charge is -2.31. The number of hydrogen-bond donors (Lipinski definition) is 1. The van der Waals surface area contributed by atoms with Crippen molar-refractivity contribution in [3.8, 4) is 0 Å². The van der Waals surface area contributed by atoms with Crippen molar-refractivity contribution in [3.63, 3.8) is 0 Å². The zero-order chi connectivity index (χ0) is 15.6. The summed E-state index contributed by atoms with van der Waals surface area (Å²) in [6.07, 6.45) is -2.66. The van der Waals surface area contributed by atoms with Crippen LogP contribution in [0.2, 0.25) is 0 Å². The van der Waals surface area contributed by atoms with Crippen molar-refractivity contribution in [2.75, 3.05) is 18.0 Å². The molecule has 5 nitrogen and oxygen atoms in total. The molecule has 0 spiro atoms. The van der Waals surface area contributed by atoms with Crippen molar-refractivity contribution in [3.05, 3.63) is 29.2 Å². The SMILES string of the molecule is [C-]#[N+]c1ncc(N2CCC(C(=O)O)CC2)cc1C(F)(F)F. The van der Waals surface area contributed by atoms with Crippen LogP contribution in [0.1, 0.15) is 18.4 Å². The largest absolute Gasteiger partial charge is 0.481 e. The van der Waals surface area contributed by atoms with Crippen LogP contribution in [-0.4, -0.2) is 29.1 Å². The Morgan fingerprint density at radius 2 is 2.05 bits per heavy atom. The van der Waals surface area contributed by atoms with Gasteiger partial charge in [0.15, 0.2) is 0 Å². The minimum absolute atomic E-state index is 0.263. The second-order valence-corrected chi connectivity index (χ2v) is 4.77. The van der Waals surface area contributed by atoms with Gasteiger partial charge in [-0.25, -0.2) is 0 Å². The average molecular weight is 299 g/mol. The third-order valence-electron chi connectivity index (χ3n) is 3.47. The van der Waals surface area contributed by atoms with Crippen LogP contribution in [0.3, 0.4) is 0 Å². The molecule has 0 saturated carbocycles. The Bertz CT molecular complexity index is 587. The monoisotopic (exact) mass is 299 g/mol. The number of aliphatic carboxylic acids is 1. The first-order valence-corrected chi connectivity index (χ1v) is 6.25. The lowest BCUT2D eigenvalue weighted by atomic mass is 9.97. The summed E-state index contributed by atoms with van der Waals surface area (Å²) >= 11 is 0. The van der Waals surface area contributed by atoms with E-state index in [1.54, 1.807) is 4.90 Å². The molecule has 21 heavy (non-hydrogen) atoms. The summed E-state index contributed by atoms with van der Waals surface area (Å²) in [5.74, 6) is -2.02. The third-order valence-corrected chi connectivity index (χ3v) is 3.47. The van der Waals surface area contributed by atoms with Gasteiger partial charge in [0.2, 0.25) is 0 Å². The second-order valence-electron chi connectivity index (χ2n) is 4.77. The van der Waals surface area contributed by atoms with Crippen molar-refractivity contribution in [1.29, 1.82) is 0 Å². The van der Waals surface area contributed by atoms with Crippen LogP contribution >= 0.6 is 0 Å². The maximum Gasteiger partial charge on any atom is 0.409 e. The van der Waals surface area contributed by atoms with Crippen LogP contribution in [0.15, 0.2) is 12.3 Å². The number of alkyl halides is 3. The van der Waals surface area contributed by atoms with E-state index in [1.165, 1.54) is 6.20 Å². The van der Waals surface area contributed by atoms with Gasteiger partial charge in [-0.3, -0.25) is 4.79 Å². The summed E-state index contributed by atoms with van der Waals surface area (Å²) < 4.78 is 38.6. The summed E-state index contributed by atoms with van der Waals surface area (Å²) in [4.78, 5) is 18.9. The summed E-state index contributed by atoms with van der Waals surface area (Å²) in [6.45, 7) is 7.45. The highest BCUT2D eigenvalue weighted by Crippen LogP contribution is 2.37. The van der Waals surface area contributed by atoms with Gasteiger partial charge in [0, 0.05) is 13.1 Å². The van der Waals surface area contributed by atoms with E-state index >= 15 is 0 Å². The molecule has 2 rings (SSSR count).